The molecule has 1 aromatic heterocycles. The van der Waals surface area contributed by atoms with Crippen molar-refractivity contribution in [3.63, 3.8) is 0 Å². The Labute approximate surface area is 237 Å². The molecule has 0 aliphatic carbocycles. The van der Waals surface area contributed by atoms with Gasteiger partial charge in [0.25, 0.3) is 5.91 Å². The molecule has 6 nitrogen and oxygen atoms in total. The molecule has 0 bridgehead atoms. The second-order valence-electron chi connectivity index (χ2n) is 9.46. The molecule has 5 rings (SSSR count). The number of aromatic nitrogens is 2. The summed E-state index contributed by atoms with van der Waals surface area (Å²) in [6.45, 7) is 2.06. The number of nitrogens with zero attached hydrogens (tertiary/aromatic N) is 1. The molecule has 7 heteroatoms. The van der Waals surface area contributed by atoms with E-state index in [2.05, 4.69) is 22.2 Å². The predicted octanol–water partition coefficient (Wildman–Crippen LogP) is 8.03. The van der Waals surface area contributed by atoms with Gasteiger partial charge in [-0.25, -0.2) is 9.78 Å². The highest BCUT2D eigenvalue weighted by Gasteiger charge is 2.22. The fourth-order valence-electron chi connectivity index (χ4n) is 4.84. The van der Waals surface area contributed by atoms with Crippen molar-refractivity contribution in [3.8, 4) is 33.8 Å². The lowest BCUT2D eigenvalue weighted by Crippen LogP contribution is -2.28. The van der Waals surface area contributed by atoms with E-state index >= 15 is 0 Å². The molecule has 1 atom stereocenters. The van der Waals surface area contributed by atoms with E-state index in [1.165, 1.54) is 6.07 Å². The minimum Gasteiger partial charge on any atom is -0.478 e. The highest BCUT2D eigenvalue weighted by Crippen LogP contribution is 2.39. The summed E-state index contributed by atoms with van der Waals surface area (Å²) in [4.78, 5) is 33.6. The maximum atomic E-state index is 13.3. The van der Waals surface area contributed by atoms with Gasteiger partial charge in [0.05, 0.1) is 23.5 Å². The van der Waals surface area contributed by atoms with Crippen molar-refractivity contribution in [1.82, 2.24) is 15.3 Å². The number of rotatable bonds is 9. The number of carbonyl (C=O) groups is 2. The van der Waals surface area contributed by atoms with Gasteiger partial charge < -0.3 is 15.4 Å². The zero-order valence-corrected chi connectivity index (χ0v) is 22.7. The van der Waals surface area contributed by atoms with Crippen LogP contribution in [0.1, 0.15) is 52.1 Å². The Hall–Kier alpha value is -4.68. The van der Waals surface area contributed by atoms with Gasteiger partial charge in [0, 0.05) is 21.7 Å². The number of aromatic amines is 1. The van der Waals surface area contributed by atoms with Crippen molar-refractivity contribution in [2.75, 3.05) is 0 Å². The van der Waals surface area contributed by atoms with Gasteiger partial charge >= 0.3 is 5.97 Å². The summed E-state index contributed by atoms with van der Waals surface area (Å²) < 4.78 is 0. The summed E-state index contributed by atoms with van der Waals surface area (Å²) in [6.07, 6.45) is 3.38. The molecule has 5 aromatic rings. The van der Waals surface area contributed by atoms with Crippen LogP contribution >= 0.6 is 11.6 Å². The van der Waals surface area contributed by atoms with Crippen LogP contribution in [0.5, 0.6) is 0 Å². The van der Waals surface area contributed by atoms with E-state index < -0.39 is 5.97 Å². The molecule has 0 spiro atoms. The molecule has 0 aliphatic heterocycles. The van der Waals surface area contributed by atoms with Crippen molar-refractivity contribution in [3.05, 3.63) is 125 Å². The van der Waals surface area contributed by atoms with Crippen LogP contribution in [0.2, 0.25) is 5.02 Å². The van der Waals surface area contributed by atoms with Gasteiger partial charge in [-0.05, 0) is 41.3 Å². The van der Waals surface area contributed by atoms with Gasteiger partial charge in [-0.1, -0.05) is 104 Å². The summed E-state index contributed by atoms with van der Waals surface area (Å²) in [6, 6.07) is 29.4. The Balaban J connectivity index is 1.52. The molecule has 4 aromatic carbocycles. The van der Waals surface area contributed by atoms with E-state index in [0.29, 0.717) is 27.5 Å². The van der Waals surface area contributed by atoms with Crippen molar-refractivity contribution >= 4 is 23.5 Å². The largest absolute Gasteiger partial charge is 0.478 e. The van der Waals surface area contributed by atoms with Gasteiger partial charge in [-0.3, -0.25) is 4.79 Å². The molecule has 200 valence electrons. The second kappa shape index (κ2) is 12.0. The van der Waals surface area contributed by atoms with Crippen LogP contribution in [-0.2, 0) is 0 Å². The number of carboxylic acid groups (broad SMARTS) is 1. The number of halogens is 1. The van der Waals surface area contributed by atoms with Crippen molar-refractivity contribution < 1.29 is 14.7 Å². The number of amides is 1. The predicted molar refractivity (Wildman–Crippen MR) is 158 cm³/mol. The summed E-state index contributed by atoms with van der Waals surface area (Å²) in [5.41, 5.74) is 4.62. The molecule has 40 heavy (non-hydrogen) atoms. The first-order valence-corrected chi connectivity index (χ1v) is 13.5. The average molecular weight is 550 g/mol. The van der Waals surface area contributed by atoms with Gasteiger partial charge in [0.15, 0.2) is 0 Å². The summed E-state index contributed by atoms with van der Waals surface area (Å²) >= 11 is 6.67. The number of carboxylic acids is 1. The van der Waals surface area contributed by atoms with E-state index in [1.54, 1.807) is 30.5 Å². The Morgan fingerprint density at radius 3 is 2.35 bits per heavy atom. The lowest BCUT2D eigenvalue weighted by molar-refractivity contribution is 0.0697. The highest BCUT2D eigenvalue weighted by molar-refractivity contribution is 6.34. The lowest BCUT2D eigenvalue weighted by Gasteiger charge is -2.19. The van der Waals surface area contributed by atoms with Crippen molar-refractivity contribution in [1.29, 1.82) is 0 Å². The summed E-state index contributed by atoms with van der Waals surface area (Å²) in [5.74, 6) is -0.942. The first-order valence-electron chi connectivity index (χ1n) is 13.1. The molecule has 0 fully saturated rings. The van der Waals surface area contributed by atoms with E-state index in [-0.39, 0.29) is 23.1 Å². The van der Waals surface area contributed by atoms with Gasteiger partial charge in [0.2, 0.25) is 0 Å². The maximum absolute atomic E-state index is 13.3. The zero-order chi connectivity index (χ0) is 28.1. The number of imidazole rings is 1. The number of H-pyrrole nitrogens is 1. The third-order valence-corrected chi connectivity index (χ3v) is 7.11. The quantitative estimate of drug-likeness (QED) is 0.173. The molecule has 0 saturated heterocycles. The normalized spacial score (nSPS) is 11.7. The molecular formula is C33H28ClN3O3. The van der Waals surface area contributed by atoms with Crippen LogP contribution in [0.15, 0.2) is 103 Å². The number of hydrogen-bond acceptors (Lipinski definition) is 3. The molecule has 0 radical (unpaired) electrons. The maximum Gasteiger partial charge on any atom is 0.336 e. The molecule has 1 heterocycles. The highest BCUT2D eigenvalue weighted by atomic mass is 35.5. The minimum atomic E-state index is -1.16. The molecule has 3 N–H and O–H groups in total. The van der Waals surface area contributed by atoms with Crippen molar-refractivity contribution in [2.24, 2.45) is 0 Å². The lowest BCUT2D eigenvalue weighted by atomic mass is 9.93. The Bertz CT molecular complexity index is 1650. The number of nitrogens with one attached hydrogen (secondary N) is 2. The first-order chi connectivity index (χ1) is 19.5. The van der Waals surface area contributed by atoms with Gasteiger partial charge in [-0.15, -0.1) is 0 Å². The molecule has 0 saturated carbocycles. The number of aromatic carboxylic acids is 1. The van der Waals surface area contributed by atoms with E-state index in [1.807, 2.05) is 66.7 Å². The third kappa shape index (κ3) is 5.67. The monoisotopic (exact) mass is 549 g/mol. The smallest absolute Gasteiger partial charge is 0.336 e. The second-order valence-corrected chi connectivity index (χ2v) is 9.87. The SMILES string of the molecule is CCC[C@@H](NC(=O)c1ccc(-c2c(Cl)cccc2-c2ncc(-c3ccccc3)[nH]2)c(C(=O)O)c1)c1ccccc1. The van der Waals surface area contributed by atoms with Crippen LogP contribution < -0.4 is 5.32 Å². The molecule has 1 amide bonds. The number of carbonyl (C=O) groups excluding carboxylic acids is 1. The van der Waals surface area contributed by atoms with Crippen LogP contribution in [0, 0.1) is 0 Å². The third-order valence-electron chi connectivity index (χ3n) is 6.80. The van der Waals surface area contributed by atoms with E-state index in [0.717, 1.165) is 29.7 Å². The van der Waals surface area contributed by atoms with Crippen LogP contribution in [0.3, 0.4) is 0 Å². The van der Waals surface area contributed by atoms with Crippen LogP contribution in [0.25, 0.3) is 33.8 Å². The van der Waals surface area contributed by atoms with Crippen LogP contribution in [-0.4, -0.2) is 27.0 Å². The number of hydrogen-bond donors (Lipinski definition) is 3. The van der Waals surface area contributed by atoms with Gasteiger partial charge in [0.1, 0.15) is 5.82 Å². The Morgan fingerprint density at radius 1 is 0.925 bits per heavy atom. The first kappa shape index (κ1) is 26.9. The summed E-state index contributed by atoms with van der Waals surface area (Å²) in [5, 5.41) is 13.6. The van der Waals surface area contributed by atoms with Gasteiger partial charge in [-0.2, -0.15) is 0 Å². The zero-order valence-electron chi connectivity index (χ0n) is 21.9. The topological polar surface area (TPSA) is 95.1 Å². The fourth-order valence-corrected chi connectivity index (χ4v) is 5.11. The summed E-state index contributed by atoms with van der Waals surface area (Å²) in [7, 11) is 0. The molecule has 0 aliphatic rings. The average Bonchev–Trinajstić information content (AvgIpc) is 3.48. The Morgan fingerprint density at radius 2 is 1.65 bits per heavy atom. The van der Waals surface area contributed by atoms with Crippen molar-refractivity contribution in [2.45, 2.75) is 25.8 Å². The molecule has 0 unspecified atom stereocenters. The Kier molecular flexibility index (Phi) is 8.08. The standard InChI is InChI=1S/C33H28ClN3O3/c1-2-10-28(21-11-5-3-6-12-21)37-32(38)23-17-18-24(26(19-23)33(39)40)30-25(15-9-16-27(30)34)31-35-20-29(36-31)22-13-7-4-8-14-22/h3-9,11-20,28H,2,10H2,1H3,(H,35,36)(H,37,38)(H,39,40)/t28-/m1/s1. The minimum absolute atomic E-state index is 0.0245. The van der Waals surface area contributed by atoms with Crippen LogP contribution in [0.4, 0.5) is 0 Å². The number of benzene rings is 4. The van der Waals surface area contributed by atoms with E-state index in [4.69, 9.17) is 11.6 Å². The van der Waals surface area contributed by atoms with E-state index in [9.17, 15) is 14.7 Å². The molecular weight excluding hydrogens is 522 g/mol. The fraction of sp³-hybridized carbons (Fsp3) is 0.121.